The number of hydrogen-bond donors (Lipinski definition) is 0. The standard InChI is InChI=1S/C17H20BrFN2O/c1-2-4-13-10-16(20-22-13)17-5-3-8-21(17)11-12-6-7-15(19)14(18)9-12/h6-7,9-10,17H,2-5,8,11H2,1H3. The number of benzene rings is 1. The van der Waals surface area contributed by atoms with E-state index in [0.29, 0.717) is 10.5 Å². The van der Waals surface area contributed by atoms with E-state index in [1.165, 1.54) is 6.07 Å². The molecule has 1 aliphatic heterocycles. The molecule has 0 aliphatic carbocycles. The summed E-state index contributed by atoms with van der Waals surface area (Å²) in [5.74, 6) is 0.747. The lowest BCUT2D eigenvalue weighted by Crippen LogP contribution is -2.23. The summed E-state index contributed by atoms with van der Waals surface area (Å²) >= 11 is 3.26. The van der Waals surface area contributed by atoms with Crippen LogP contribution in [0.5, 0.6) is 0 Å². The first-order valence-corrected chi connectivity index (χ1v) is 8.60. The minimum absolute atomic E-state index is 0.220. The summed E-state index contributed by atoms with van der Waals surface area (Å²) < 4.78 is 19.3. The van der Waals surface area contributed by atoms with Gasteiger partial charge in [0, 0.05) is 19.0 Å². The van der Waals surface area contributed by atoms with Crippen LogP contribution in [0.1, 0.15) is 49.2 Å². The lowest BCUT2D eigenvalue weighted by molar-refractivity contribution is 0.236. The molecule has 5 heteroatoms. The topological polar surface area (TPSA) is 29.3 Å². The maximum Gasteiger partial charge on any atom is 0.137 e. The molecular weight excluding hydrogens is 347 g/mol. The third-order valence-corrected chi connectivity index (χ3v) is 4.76. The Labute approximate surface area is 138 Å². The van der Waals surface area contributed by atoms with Crippen LogP contribution in [0.4, 0.5) is 4.39 Å². The Bertz CT molecular complexity index is 643. The van der Waals surface area contributed by atoms with Crippen LogP contribution in [0, 0.1) is 5.82 Å². The van der Waals surface area contributed by atoms with E-state index in [1.54, 1.807) is 0 Å². The first-order valence-electron chi connectivity index (χ1n) is 7.81. The third kappa shape index (κ3) is 3.41. The molecule has 3 rings (SSSR count). The predicted molar refractivity (Wildman–Crippen MR) is 87.0 cm³/mol. The molecule has 2 aromatic rings. The van der Waals surface area contributed by atoms with Gasteiger partial charge in [-0.1, -0.05) is 18.1 Å². The van der Waals surface area contributed by atoms with Gasteiger partial charge in [0.25, 0.3) is 0 Å². The van der Waals surface area contributed by atoms with Crippen molar-refractivity contribution in [3.05, 3.63) is 51.6 Å². The van der Waals surface area contributed by atoms with Crippen molar-refractivity contribution in [2.75, 3.05) is 6.54 Å². The number of aromatic nitrogens is 1. The number of halogens is 2. The molecule has 3 nitrogen and oxygen atoms in total. The van der Waals surface area contributed by atoms with Crippen molar-refractivity contribution in [2.24, 2.45) is 0 Å². The predicted octanol–water partition coefficient (Wildman–Crippen LogP) is 4.87. The molecule has 1 aromatic carbocycles. The Morgan fingerprint density at radius 1 is 1.41 bits per heavy atom. The Balaban J connectivity index is 1.73. The van der Waals surface area contributed by atoms with Crippen molar-refractivity contribution in [3.8, 4) is 0 Å². The molecule has 0 spiro atoms. The zero-order valence-electron chi connectivity index (χ0n) is 12.7. The van der Waals surface area contributed by atoms with E-state index in [1.807, 2.05) is 12.1 Å². The average molecular weight is 367 g/mol. The number of likely N-dealkylation sites (tertiary alicyclic amines) is 1. The van der Waals surface area contributed by atoms with E-state index in [9.17, 15) is 4.39 Å². The summed E-state index contributed by atoms with van der Waals surface area (Å²) in [7, 11) is 0. The molecule has 2 heterocycles. The molecule has 0 saturated carbocycles. The molecule has 1 saturated heterocycles. The number of aryl methyl sites for hydroxylation is 1. The molecule has 0 amide bonds. The fraction of sp³-hybridized carbons (Fsp3) is 0.471. The first kappa shape index (κ1) is 15.7. The highest BCUT2D eigenvalue weighted by molar-refractivity contribution is 9.10. The van der Waals surface area contributed by atoms with E-state index in [2.05, 4.69) is 39.0 Å². The highest BCUT2D eigenvalue weighted by Gasteiger charge is 2.28. The van der Waals surface area contributed by atoms with Crippen LogP contribution in [0.2, 0.25) is 0 Å². The Hall–Kier alpha value is -1.20. The molecule has 1 aromatic heterocycles. The SMILES string of the molecule is CCCc1cc(C2CCCN2Cc2ccc(F)c(Br)c2)no1. The highest BCUT2D eigenvalue weighted by Crippen LogP contribution is 2.33. The second-order valence-electron chi connectivity index (χ2n) is 5.85. The minimum Gasteiger partial charge on any atom is -0.361 e. The van der Waals surface area contributed by atoms with E-state index < -0.39 is 0 Å². The van der Waals surface area contributed by atoms with Gasteiger partial charge in [0.2, 0.25) is 0 Å². The summed E-state index contributed by atoms with van der Waals surface area (Å²) in [4.78, 5) is 2.40. The van der Waals surface area contributed by atoms with Gasteiger partial charge in [-0.2, -0.15) is 0 Å². The molecule has 1 atom stereocenters. The molecule has 0 radical (unpaired) electrons. The third-order valence-electron chi connectivity index (χ3n) is 4.15. The Morgan fingerprint density at radius 3 is 3.05 bits per heavy atom. The van der Waals surface area contributed by atoms with E-state index >= 15 is 0 Å². The fourth-order valence-electron chi connectivity index (χ4n) is 3.07. The van der Waals surface area contributed by atoms with Gasteiger partial charge in [0.1, 0.15) is 17.3 Å². The van der Waals surface area contributed by atoms with Crippen LogP contribution in [0.3, 0.4) is 0 Å². The summed E-state index contributed by atoms with van der Waals surface area (Å²) in [5.41, 5.74) is 2.14. The summed E-state index contributed by atoms with van der Waals surface area (Å²) in [6, 6.07) is 7.61. The fourth-order valence-corrected chi connectivity index (χ4v) is 3.50. The molecule has 1 aliphatic rings. The molecular formula is C17H20BrFN2O. The normalized spacial score (nSPS) is 19.0. The smallest absolute Gasteiger partial charge is 0.137 e. The minimum atomic E-state index is -0.220. The quantitative estimate of drug-likeness (QED) is 0.755. The first-order chi connectivity index (χ1) is 10.7. The van der Waals surface area contributed by atoms with Crippen molar-refractivity contribution in [3.63, 3.8) is 0 Å². The lowest BCUT2D eigenvalue weighted by atomic mass is 10.1. The van der Waals surface area contributed by atoms with Crippen LogP contribution in [0.25, 0.3) is 0 Å². The van der Waals surface area contributed by atoms with Gasteiger partial charge < -0.3 is 4.52 Å². The number of hydrogen-bond acceptors (Lipinski definition) is 3. The largest absolute Gasteiger partial charge is 0.361 e. The van der Waals surface area contributed by atoms with Gasteiger partial charge in [-0.25, -0.2) is 4.39 Å². The molecule has 118 valence electrons. The van der Waals surface area contributed by atoms with Gasteiger partial charge >= 0.3 is 0 Å². The maximum absolute atomic E-state index is 13.3. The Morgan fingerprint density at radius 2 is 2.27 bits per heavy atom. The van der Waals surface area contributed by atoms with Crippen molar-refractivity contribution in [1.29, 1.82) is 0 Å². The second-order valence-corrected chi connectivity index (χ2v) is 6.70. The van der Waals surface area contributed by atoms with Gasteiger partial charge in [0.05, 0.1) is 10.5 Å². The van der Waals surface area contributed by atoms with Crippen molar-refractivity contribution in [1.82, 2.24) is 10.1 Å². The Kier molecular flexibility index (Phi) is 4.93. The van der Waals surface area contributed by atoms with Gasteiger partial charge in [-0.15, -0.1) is 0 Å². The van der Waals surface area contributed by atoms with E-state index in [4.69, 9.17) is 4.52 Å². The highest BCUT2D eigenvalue weighted by atomic mass is 79.9. The van der Waals surface area contributed by atoms with Crippen LogP contribution in [0.15, 0.2) is 33.3 Å². The monoisotopic (exact) mass is 366 g/mol. The molecule has 0 bridgehead atoms. The summed E-state index contributed by atoms with van der Waals surface area (Å²) in [6.45, 7) is 3.98. The average Bonchev–Trinajstić information content (AvgIpc) is 3.12. The summed E-state index contributed by atoms with van der Waals surface area (Å²) in [6.07, 6.45) is 4.25. The zero-order valence-corrected chi connectivity index (χ0v) is 14.3. The lowest BCUT2D eigenvalue weighted by Gasteiger charge is -2.22. The van der Waals surface area contributed by atoms with Gasteiger partial charge in [-0.05, 0) is 59.4 Å². The molecule has 0 N–H and O–H groups in total. The maximum atomic E-state index is 13.3. The number of nitrogens with zero attached hydrogens (tertiary/aromatic N) is 2. The van der Waals surface area contributed by atoms with Crippen LogP contribution < -0.4 is 0 Å². The molecule has 1 unspecified atom stereocenters. The van der Waals surface area contributed by atoms with E-state index in [-0.39, 0.29) is 5.82 Å². The number of rotatable bonds is 5. The van der Waals surface area contributed by atoms with Crippen molar-refractivity contribution in [2.45, 2.75) is 45.2 Å². The van der Waals surface area contributed by atoms with Crippen LogP contribution in [-0.2, 0) is 13.0 Å². The zero-order chi connectivity index (χ0) is 15.5. The van der Waals surface area contributed by atoms with Crippen molar-refractivity contribution >= 4 is 15.9 Å². The molecule has 22 heavy (non-hydrogen) atoms. The summed E-state index contributed by atoms with van der Waals surface area (Å²) in [5, 5.41) is 4.25. The van der Waals surface area contributed by atoms with E-state index in [0.717, 1.165) is 55.8 Å². The van der Waals surface area contributed by atoms with Gasteiger partial charge in [-0.3, -0.25) is 4.90 Å². The van der Waals surface area contributed by atoms with Crippen molar-refractivity contribution < 1.29 is 8.91 Å². The van der Waals surface area contributed by atoms with Gasteiger partial charge in [0.15, 0.2) is 0 Å². The van der Waals surface area contributed by atoms with Crippen LogP contribution in [-0.4, -0.2) is 16.6 Å². The second kappa shape index (κ2) is 6.92. The van der Waals surface area contributed by atoms with Crippen LogP contribution >= 0.6 is 15.9 Å². The molecule has 1 fully saturated rings.